The van der Waals surface area contributed by atoms with Crippen LogP contribution in [0.25, 0.3) is 0 Å². The Balaban J connectivity index is 1.47. The molecule has 2 fully saturated rings. The van der Waals surface area contributed by atoms with Crippen LogP contribution in [0.5, 0.6) is 0 Å². The first kappa shape index (κ1) is 15.6. The van der Waals surface area contributed by atoms with Crippen molar-refractivity contribution in [3.63, 3.8) is 0 Å². The van der Waals surface area contributed by atoms with Crippen LogP contribution in [-0.4, -0.2) is 50.3 Å². The van der Waals surface area contributed by atoms with Crippen molar-refractivity contribution in [3.8, 4) is 0 Å². The van der Waals surface area contributed by atoms with E-state index in [1.165, 1.54) is 36.8 Å². The molecule has 3 aliphatic rings. The van der Waals surface area contributed by atoms with Crippen molar-refractivity contribution in [2.45, 2.75) is 43.4 Å². The van der Waals surface area contributed by atoms with E-state index in [0.717, 1.165) is 38.4 Å². The number of fused-ring (bicyclic) bond motifs is 1. The molecule has 1 aliphatic heterocycles. The molecule has 0 radical (unpaired) electrons. The molecule has 0 unspecified atom stereocenters. The number of aryl methyl sites for hydroxylation is 2. The monoisotopic (exact) mass is 334 g/mol. The van der Waals surface area contributed by atoms with Crippen LogP contribution in [-0.2, 0) is 22.9 Å². The van der Waals surface area contributed by atoms with Gasteiger partial charge in [-0.2, -0.15) is 4.31 Å². The molecule has 1 aromatic rings. The molecule has 23 heavy (non-hydrogen) atoms. The van der Waals surface area contributed by atoms with Gasteiger partial charge in [-0.15, -0.1) is 0 Å². The molecule has 1 saturated carbocycles. The highest BCUT2D eigenvalue weighted by molar-refractivity contribution is 7.89. The van der Waals surface area contributed by atoms with Crippen LogP contribution < -0.4 is 0 Å². The van der Waals surface area contributed by atoms with Gasteiger partial charge in [0.15, 0.2) is 0 Å². The van der Waals surface area contributed by atoms with Crippen LogP contribution in [0.2, 0.25) is 0 Å². The molecule has 5 heteroatoms. The highest BCUT2D eigenvalue weighted by Crippen LogP contribution is 2.30. The first-order valence-corrected chi connectivity index (χ1v) is 10.4. The highest BCUT2D eigenvalue weighted by Gasteiger charge is 2.31. The highest BCUT2D eigenvalue weighted by atomic mass is 32.2. The molecule has 4 rings (SSSR count). The quantitative estimate of drug-likeness (QED) is 0.848. The summed E-state index contributed by atoms with van der Waals surface area (Å²) < 4.78 is 27.5. The van der Waals surface area contributed by atoms with Crippen LogP contribution in [0.15, 0.2) is 23.1 Å². The van der Waals surface area contributed by atoms with Crippen molar-refractivity contribution in [1.29, 1.82) is 0 Å². The summed E-state index contributed by atoms with van der Waals surface area (Å²) in [6.45, 7) is 4.17. The largest absolute Gasteiger partial charge is 0.300 e. The lowest BCUT2D eigenvalue weighted by atomic mass is 9.92. The average molecular weight is 334 g/mol. The lowest BCUT2D eigenvalue weighted by molar-refractivity contribution is 0.182. The summed E-state index contributed by atoms with van der Waals surface area (Å²) in [7, 11) is -3.33. The molecule has 4 nitrogen and oxygen atoms in total. The normalized spacial score (nSPS) is 23.7. The van der Waals surface area contributed by atoms with Gasteiger partial charge in [0.1, 0.15) is 0 Å². The molecule has 0 N–H and O–H groups in total. The third-order valence-electron chi connectivity index (χ3n) is 5.50. The van der Waals surface area contributed by atoms with Gasteiger partial charge in [0.25, 0.3) is 0 Å². The molecule has 0 amide bonds. The minimum absolute atomic E-state index is 0.494. The van der Waals surface area contributed by atoms with Crippen LogP contribution >= 0.6 is 0 Å². The van der Waals surface area contributed by atoms with Crippen LogP contribution in [0.4, 0.5) is 0 Å². The molecule has 0 bridgehead atoms. The summed E-state index contributed by atoms with van der Waals surface area (Å²) in [5, 5.41) is 0. The second-order valence-corrected chi connectivity index (χ2v) is 9.22. The van der Waals surface area contributed by atoms with Crippen molar-refractivity contribution < 1.29 is 8.42 Å². The molecule has 2 aliphatic carbocycles. The summed E-state index contributed by atoms with van der Waals surface area (Å²) in [4.78, 5) is 2.92. The van der Waals surface area contributed by atoms with Crippen molar-refractivity contribution in [1.82, 2.24) is 9.21 Å². The second-order valence-electron chi connectivity index (χ2n) is 7.29. The molecule has 126 valence electrons. The summed E-state index contributed by atoms with van der Waals surface area (Å²) in [5.41, 5.74) is 2.58. The molecular formula is C18H26N2O2S. The Hall–Kier alpha value is -0.910. The Morgan fingerprint density at radius 2 is 1.65 bits per heavy atom. The molecule has 1 saturated heterocycles. The molecule has 0 aromatic heterocycles. The van der Waals surface area contributed by atoms with Gasteiger partial charge >= 0.3 is 0 Å². The maximum atomic E-state index is 12.9. The number of nitrogens with zero attached hydrogens (tertiary/aromatic N) is 2. The number of piperazine rings is 1. The summed E-state index contributed by atoms with van der Waals surface area (Å²) in [5.74, 6) is 0.874. The van der Waals surface area contributed by atoms with Crippen LogP contribution in [0, 0.1) is 5.92 Å². The fourth-order valence-corrected chi connectivity index (χ4v) is 5.31. The van der Waals surface area contributed by atoms with E-state index in [1.54, 1.807) is 4.31 Å². The van der Waals surface area contributed by atoms with E-state index in [-0.39, 0.29) is 0 Å². The third-order valence-corrected chi connectivity index (χ3v) is 7.40. The third kappa shape index (κ3) is 3.32. The summed E-state index contributed by atoms with van der Waals surface area (Å²) >= 11 is 0. The maximum Gasteiger partial charge on any atom is 0.243 e. The number of hydrogen-bond donors (Lipinski definition) is 0. The fraction of sp³-hybridized carbons (Fsp3) is 0.667. The fourth-order valence-electron chi connectivity index (χ4n) is 3.84. The maximum absolute atomic E-state index is 12.9. The Bertz CT molecular complexity index is 674. The minimum Gasteiger partial charge on any atom is -0.300 e. The number of benzene rings is 1. The van der Waals surface area contributed by atoms with Gasteiger partial charge in [-0.05, 0) is 67.7 Å². The topological polar surface area (TPSA) is 40.6 Å². The predicted octanol–water partition coefficient (Wildman–Crippen LogP) is 2.28. The zero-order valence-corrected chi connectivity index (χ0v) is 14.5. The van der Waals surface area contributed by atoms with Gasteiger partial charge < -0.3 is 4.90 Å². The zero-order valence-electron chi connectivity index (χ0n) is 13.7. The Morgan fingerprint density at radius 1 is 0.957 bits per heavy atom. The van der Waals surface area contributed by atoms with E-state index in [0.29, 0.717) is 18.0 Å². The first-order chi connectivity index (χ1) is 11.1. The van der Waals surface area contributed by atoms with E-state index < -0.39 is 10.0 Å². The van der Waals surface area contributed by atoms with E-state index >= 15 is 0 Å². The van der Waals surface area contributed by atoms with Crippen molar-refractivity contribution in [3.05, 3.63) is 29.3 Å². The Labute approximate surface area is 139 Å². The van der Waals surface area contributed by atoms with Gasteiger partial charge in [-0.25, -0.2) is 8.42 Å². The zero-order chi connectivity index (χ0) is 15.9. The van der Waals surface area contributed by atoms with E-state index in [1.807, 2.05) is 18.2 Å². The van der Waals surface area contributed by atoms with Gasteiger partial charge in [0.2, 0.25) is 10.0 Å². The molecular weight excluding hydrogens is 308 g/mol. The summed E-state index contributed by atoms with van der Waals surface area (Å²) in [6, 6.07) is 5.78. The van der Waals surface area contributed by atoms with Crippen LogP contribution in [0.1, 0.15) is 36.8 Å². The van der Waals surface area contributed by atoms with Crippen molar-refractivity contribution >= 4 is 10.0 Å². The summed E-state index contributed by atoms with van der Waals surface area (Å²) in [6.07, 6.45) is 7.23. The van der Waals surface area contributed by atoms with Gasteiger partial charge in [-0.3, -0.25) is 0 Å². The number of rotatable bonds is 4. The molecule has 0 spiro atoms. The number of hydrogen-bond acceptors (Lipinski definition) is 3. The SMILES string of the molecule is O=S(=O)(c1ccc2c(c1)CCCC2)N1CCN(CC2CC2)CC1. The van der Waals surface area contributed by atoms with Crippen LogP contribution in [0.3, 0.4) is 0 Å². The average Bonchev–Trinajstić information content (AvgIpc) is 3.39. The van der Waals surface area contributed by atoms with E-state index in [4.69, 9.17) is 0 Å². The van der Waals surface area contributed by atoms with E-state index in [9.17, 15) is 8.42 Å². The van der Waals surface area contributed by atoms with Gasteiger partial charge in [0.05, 0.1) is 4.90 Å². The van der Waals surface area contributed by atoms with Crippen molar-refractivity contribution in [2.75, 3.05) is 32.7 Å². The smallest absolute Gasteiger partial charge is 0.243 e. The predicted molar refractivity (Wildman–Crippen MR) is 91.0 cm³/mol. The Morgan fingerprint density at radius 3 is 2.35 bits per heavy atom. The molecule has 1 heterocycles. The lowest BCUT2D eigenvalue weighted by Gasteiger charge is -2.34. The van der Waals surface area contributed by atoms with Gasteiger partial charge in [0, 0.05) is 32.7 Å². The minimum atomic E-state index is -3.33. The van der Waals surface area contributed by atoms with Crippen molar-refractivity contribution in [2.24, 2.45) is 5.92 Å². The first-order valence-electron chi connectivity index (χ1n) is 8.97. The molecule has 0 atom stereocenters. The molecule has 1 aromatic carbocycles. The van der Waals surface area contributed by atoms with Gasteiger partial charge in [-0.1, -0.05) is 6.07 Å². The Kier molecular flexibility index (Phi) is 4.20. The second kappa shape index (κ2) is 6.19. The lowest BCUT2D eigenvalue weighted by Crippen LogP contribution is -2.49. The number of sulfonamides is 1. The van der Waals surface area contributed by atoms with E-state index in [2.05, 4.69) is 4.90 Å². The standard InChI is InChI=1S/C18H26N2O2S/c21-23(22,18-8-7-16-3-1-2-4-17(16)13-18)20-11-9-19(10-12-20)14-15-5-6-15/h7-8,13,15H,1-6,9-12,14H2.